The number of aliphatic hydroxyl groups excluding tert-OH is 1. The molecule has 4 aromatic rings. The number of carbonyl (C=O) groups is 1. The van der Waals surface area contributed by atoms with Crippen LogP contribution < -0.4 is 9.47 Å². The van der Waals surface area contributed by atoms with Gasteiger partial charge in [-0.15, -0.1) is 0 Å². The molecule has 0 amide bonds. The first-order valence-electron chi connectivity index (χ1n) is 17.8. The number of halogens is 1. The molecular weight excluding hydrogens is 668 g/mol. The normalized spacial score (nSPS) is 22.7. The largest absolute Gasteiger partial charge is 0.494 e. The summed E-state index contributed by atoms with van der Waals surface area (Å²) in [6, 6.07) is 32.0. The molecule has 8 nitrogen and oxygen atoms in total. The van der Waals surface area contributed by atoms with Crippen molar-refractivity contribution >= 4 is 17.6 Å². The highest BCUT2D eigenvalue weighted by Gasteiger charge is 2.44. The van der Waals surface area contributed by atoms with Crippen LogP contribution in [-0.4, -0.2) is 55.8 Å². The fourth-order valence-electron chi connectivity index (χ4n) is 6.52. The van der Waals surface area contributed by atoms with Crippen molar-refractivity contribution in [2.24, 2.45) is 11.8 Å². The molecule has 1 saturated heterocycles. The summed E-state index contributed by atoms with van der Waals surface area (Å²) in [5.41, 5.74) is 4.81. The molecule has 6 atom stereocenters. The van der Waals surface area contributed by atoms with Crippen LogP contribution >= 0.6 is 11.6 Å². The molecule has 0 bridgehead atoms. The van der Waals surface area contributed by atoms with Gasteiger partial charge >= 0.3 is 5.97 Å². The molecule has 2 aliphatic rings. The minimum absolute atomic E-state index is 0.0749. The summed E-state index contributed by atoms with van der Waals surface area (Å²) in [5, 5.41) is 10.3. The van der Waals surface area contributed by atoms with Crippen LogP contribution in [0.25, 0.3) is 0 Å². The number of hydrogen-bond donors (Lipinski definition) is 1. The second-order valence-electron chi connectivity index (χ2n) is 13.3. The molecule has 1 aliphatic heterocycles. The highest BCUT2D eigenvalue weighted by Crippen LogP contribution is 2.44. The Morgan fingerprint density at radius 3 is 2.14 bits per heavy atom. The Morgan fingerprint density at radius 1 is 0.824 bits per heavy atom. The van der Waals surface area contributed by atoms with E-state index in [1.54, 1.807) is 0 Å². The van der Waals surface area contributed by atoms with Gasteiger partial charge < -0.3 is 33.5 Å². The van der Waals surface area contributed by atoms with E-state index in [0.29, 0.717) is 50.0 Å². The Hall–Kier alpha value is -3.92. The molecule has 2 fully saturated rings. The first kappa shape index (κ1) is 36.9. The molecule has 1 heterocycles. The molecule has 0 aromatic heterocycles. The standard InChI is InChI=1S/C42H47ClO8/c1-3-46-35-16-14-29(15-17-35)18-32-20-37(39(22-38(32)43)49-26-34-19-33(34)23-44)41-42(50-25-31-12-8-5-9-13-31)40(21-36(51-41)27-47-28(2)45)48-24-30-10-6-4-7-11-30/h4-17,20,22,33-34,36,40-42,44H,3,18-19,21,23-27H2,1-2H3. The van der Waals surface area contributed by atoms with E-state index in [2.05, 4.69) is 6.07 Å². The van der Waals surface area contributed by atoms with E-state index in [1.807, 2.05) is 97.9 Å². The Bertz CT molecular complexity index is 1680. The van der Waals surface area contributed by atoms with Gasteiger partial charge in [-0.3, -0.25) is 4.79 Å². The van der Waals surface area contributed by atoms with Crippen LogP contribution in [-0.2, 0) is 43.4 Å². The van der Waals surface area contributed by atoms with Crippen molar-refractivity contribution in [3.63, 3.8) is 0 Å². The van der Waals surface area contributed by atoms with Gasteiger partial charge in [0.25, 0.3) is 0 Å². The lowest BCUT2D eigenvalue weighted by Gasteiger charge is -2.42. The van der Waals surface area contributed by atoms with Gasteiger partial charge in [0.05, 0.1) is 38.6 Å². The monoisotopic (exact) mass is 714 g/mol. The van der Waals surface area contributed by atoms with Crippen molar-refractivity contribution in [1.29, 1.82) is 0 Å². The molecule has 51 heavy (non-hydrogen) atoms. The first-order chi connectivity index (χ1) is 24.9. The molecule has 0 radical (unpaired) electrons. The van der Waals surface area contributed by atoms with Crippen LogP contribution in [0.15, 0.2) is 97.1 Å². The number of carbonyl (C=O) groups excluding carboxylic acids is 1. The average molecular weight is 715 g/mol. The van der Waals surface area contributed by atoms with Crippen molar-refractivity contribution in [1.82, 2.24) is 0 Å². The fourth-order valence-corrected chi connectivity index (χ4v) is 6.75. The highest BCUT2D eigenvalue weighted by molar-refractivity contribution is 6.31. The van der Waals surface area contributed by atoms with E-state index >= 15 is 0 Å². The van der Waals surface area contributed by atoms with Crippen LogP contribution in [0.3, 0.4) is 0 Å². The third-order valence-corrected chi connectivity index (χ3v) is 9.79. The quantitative estimate of drug-likeness (QED) is 0.110. The lowest BCUT2D eigenvalue weighted by Crippen LogP contribution is -2.47. The number of hydrogen-bond acceptors (Lipinski definition) is 8. The minimum Gasteiger partial charge on any atom is -0.494 e. The lowest BCUT2D eigenvalue weighted by molar-refractivity contribution is -0.219. The maximum Gasteiger partial charge on any atom is 0.302 e. The van der Waals surface area contributed by atoms with Crippen LogP contribution in [0.1, 0.15) is 60.6 Å². The summed E-state index contributed by atoms with van der Waals surface area (Å²) in [6.07, 6.45) is -0.124. The molecule has 270 valence electrons. The highest BCUT2D eigenvalue weighted by atomic mass is 35.5. The van der Waals surface area contributed by atoms with Crippen LogP contribution in [0.4, 0.5) is 0 Å². The third kappa shape index (κ3) is 10.3. The lowest BCUT2D eigenvalue weighted by atomic mass is 9.90. The number of esters is 1. The first-order valence-corrected chi connectivity index (χ1v) is 18.2. The van der Waals surface area contributed by atoms with Crippen LogP contribution in [0.5, 0.6) is 11.5 Å². The van der Waals surface area contributed by atoms with Gasteiger partial charge in [-0.2, -0.15) is 0 Å². The third-order valence-electron chi connectivity index (χ3n) is 9.43. The van der Waals surface area contributed by atoms with E-state index in [0.717, 1.165) is 40.0 Å². The summed E-state index contributed by atoms with van der Waals surface area (Å²) >= 11 is 7.00. The Morgan fingerprint density at radius 2 is 1.51 bits per heavy atom. The molecule has 9 heteroatoms. The van der Waals surface area contributed by atoms with E-state index in [-0.39, 0.29) is 31.0 Å². The summed E-state index contributed by atoms with van der Waals surface area (Å²) in [5.74, 6) is 1.52. The number of rotatable bonds is 17. The van der Waals surface area contributed by atoms with Crippen LogP contribution in [0, 0.1) is 11.8 Å². The van der Waals surface area contributed by atoms with Crippen molar-refractivity contribution in [3.05, 3.63) is 130 Å². The average Bonchev–Trinajstić information content (AvgIpc) is 3.93. The summed E-state index contributed by atoms with van der Waals surface area (Å²) in [6.45, 7) is 5.33. The maximum atomic E-state index is 11.9. The van der Waals surface area contributed by atoms with Crippen molar-refractivity contribution < 1.29 is 38.3 Å². The van der Waals surface area contributed by atoms with Gasteiger partial charge in [-0.05, 0) is 78.1 Å². The molecular formula is C42H47ClO8. The molecule has 0 spiro atoms. The Kier molecular flexibility index (Phi) is 13.0. The second-order valence-corrected chi connectivity index (χ2v) is 13.7. The zero-order chi connectivity index (χ0) is 35.6. The van der Waals surface area contributed by atoms with Crippen molar-refractivity contribution in [2.75, 3.05) is 26.4 Å². The van der Waals surface area contributed by atoms with Crippen LogP contribution in [0.2, 0.25) is 5.02 Å². The predicted molar refractivity (Wildman–Crippen MR) is 195 cm³/mol. The number of benzene rings is 4. The van der Waals surface area contributed by atoms with Gasteiger partial charge in [0.15, 0.2) is 0 Å². The Labute approximate surface area is 305 Å². The number of ether oxygens (including phenoxy) is 6. The van der Waals surface area contributed by atoms with Crippen molar-refractivity contribution in [3.8, 4) is 11.5 Å². The minimum atomic E-state index is -0.650. The zero-order valence-corrected chi connectivity index (χ0v) is 30.0. The summed E-state index contributed by atoms with van der Waals surface area (Å²) in [7, 11) is 0. The molecule has 6 unspecified atom stereocenters. The van der Waals surface area contributed by atoms with Crippen molar-refractivity contribution in [2.45, 2.75) is 70.7 Å². The van der Waals surface area contributed by atoms with Gasteiger partial charge in [-0.1, -0.05) is 84.4 Å². The smallest absolute Gasteiger partial charge is 0.302 e. The summed E-state index contributed by atoms with van der Waals surface area (Å²) in [4.78, 5) is 11.9. The zero-order valence-electron chi connectivity index (χ0n) is 29.2. The van der Waals surface area contributed by atoms with E-state index in [4.69, 9.17) is 40.0 Å². The van der Waals surface area contributed by atoms with E-state index in [9.17, 15) is 9.90 Å². The van der Waals surface area contributed by atoms with Gasteiger partial charge in [-0.25, -0.2) is 0 Å². The van der Waals surface area contributed by atoms with Gasteiger partial charge in [0.2, 0.25) is 0 Å². The molecule has 6 rings (SSSR count). The number of aliphatic hydroxyl groups is 1. The predicted octanol–water partition coefficient (Wildman–Crippen LogP) is 7.90. The maximum absolute atomic E-state index is 11.9. The van der Waals surface area contributed by atoms with E-state index < -0.39 is 24.4 Å². The Balaban J connectivity index is 1.37. The SMILES string of the molecule is CCOc1ccc(Cc2cc(C3OC(COC(C)=O)CC(OCc4ccccc4)C3OCc3ccccc3)c(OCC3CC3CO)cc2Cl)cc1. The molecule has 1 N–H and O–H groups in total. The molecule has 1 aliphatic carbocycles. The molecule has 1 saturated carbocycles. The topological polar surface area (TPSA) is 92.7 Å². The van der Waals surface area contributed by atoms with Gasteiger partial charge in [0, 0.05) is 30.5 Å². The molecule has 4 aromatic carbocycles. The fraction of sp³-hybridized carbons (Fsp3) is 0.405. The summed E-state index contributed by atoms with van der Waals surface area (Å²) < 4.78 is 37.9. The second kappa shape index (κ2) is 18.0. The van der Waals surface area contributed by atoms with Gasteiger partial charge in [0.1, 0.15) is 30.3 Å². The van der Waals surface area contributed by atoms with E-state index in [1.165, 1.54) is 6.92 Å².